The Labute approximate surface area is 173 Å². The lowest BCUT2D eigenvalue weighted by Crippen LogP contribution is -2.50. The minimum atomic E-state index is -1.24. The number of piperazine rings is 1. The molecular weight excluding hydrogens is 394 g/mol. The summed E-state index contributed by atoms with van der Waals surface area (Å²) in [7, 11) is 1.48. The lowest BCUT2D eigenvalue weighted by Gasteiger charge is -2.37. The number of aliphatic hydroxyl groups is 1. The molecule has 0 spiro atoms. The highest BCUT2D eigenvalue weighted by Gasteiger charge is 2.37. The largest absolute Gasteiger partial charge is 0.378 e. The van der Waals surface area contributed by atoms with Gasteiger partial charge in [0.2, 0.25) is 0 Å². The highest BCUT2D eigenvalue weighted by molar-refractivity contribution is 6.30. The third kappa shape index (κ3) is 3.36. The Bertz CT molecular complexity index is 984. The predicted octanol–water partition coefficient (Wildman–Crippen LogP) is 1.95. The molecular formula is C21H20ClN3O4. The van der Waals surface area contributed by atoms with E-state index in [1.54, 1.807) is 41.3 Å². The molecule has 1 unspecified atom stereocenters. The standard InChI is InChI=1S/C21H20ClN3O4/c1-23-19(27)15-3-2-4-16(17(15)20(23)28)24-9-11-25(12-10-24)21(29)18(26)13-5-7-14(22)8-6-13/h2-8,18,26H,9-12H2,1H3. The zero-order valence-electron chi connectivity index (χ0n) is 15.8. The van der Waals surface area contributed by atoms with Crippen LogP contribution in [0.4, 0.5) is 5.69 Å². The summed E-state index contributed by atoms with van der Waals surface area (Å²) < 4.78 is 0. The van der Waals surface area contributed by atoms with Gasteiger partial charge in [-0.25, -0.2) is 0 Å². The fourth-order valence-electron chi connectivity index (χ4n) is 3.78. The first-order chi connectivity index (χ1) is 13.9. The summed E-state index contributed by atoms with van der Waals surface area (Å²) in [5, 5.41) is 10.9. The van der Waals surface area contributed by atoms with Crippen molar-refractivity contribution < 1.29 is 19.5 Å². The van der Waals surface area contributed by atoms with Crippen molar-refractivity contribution in [2.45, 2.75) is 6.10 Å². The molecule has 1 fully saturated rings. The number of carbonyl (C=O) groups is 3. The van der Waals surface area contributed by atoms with Gasteiger partial charge in [0.25, 0.3) is 17.7 Å². The van der Waals surface area contributed by atoms with Gasteiger partial charge in [0.15, 0.2) is 6.10 Å². The number of amides is 3. The molecule has 7 nitrogen and oxygen atoms in total. The molecule has 8 heteroatoms. The predicted molar refractivity (Wildman–Crippen MR) is 108 cm³/mol. The first-order valence-electron chi connectivity index (χ1n) is 9.31. The number of imide groups is 1. The number of anilines is 1. The lowest BCUT2D eigenvalue weighted by molar-refractivity contribution is -0.140. The van der Waals surface area contributed by atoms with Gasteiger partial charge in [0.1, 0.15) is 0 Å². The average Bonchev–Trinajstić information content (AvgIpc) is 2.97. The van der Waals surface area contributed by atoms with Crippen molar-refractivity contribution >= 4 is 35.0 Å². The quantitative estimate of drug-likeness (QED) is 0.778. The molecule has 29 heavy (non-hydrogen) atoms. The van der Waals surface area contributed by atoms with Crippen LogP contribution in [0.2, 0.25) is 5.02 Å². The summed E-state index contributed by atoms with van der Waals surface area (Å²) in [5.41, 5.74) is 2.03. The van der Waals surface area contributed by atoms with Crippen LogP contribution in [0.5, 0.6) is 0 Å². The van der Waals surface area contributed by atoms with Crippen LogP contribution in [-0.2, 0) is 4.79 Å². The second-order valence-electron chi connectivity index (χ2n) is 7.14. The molecule has 1 atom stereocenters. The van der Waals surface area contributed by atoms with Gasteiger partial charge in [0, 0.05) is 38.2 Å². The van der Waals surface area contributed by atoms with Crippen molar-refractivity contribution in [1.82, 2.24) is 9.80 Å². The number of hydrogen-bond donors (Lipinski definition) is 1. The molecule has 0 saturated carbocycles. The van der Waals surface area contributed by atoms with Crippen LogP contribution in [0.3, 0.4) is 0 Å². The minimum Gasteiger partial charge on any atom is -0.378 e. The Morgan fingerprint density at radius 1 is 1.00 bits per heavy atom. The van der Waals surface area contributed by atoms with Crippen molar-refractivity contribution in [3.63, 3.8) is 0 Å². The second-order valence-corrected chi connectivity index (χ2v) is 7.57. The van der Waals surface area contributed by atoms with Crippen LogP contribution in [0.25, 0.3) is 0 Å². The molecule has 150 valence electrons. The van der Waals surface area contributed by atoms with Crippen LogP contribution in [0.15, 0.2) is 42.5 Å². The van der Waals surface area contributed by atoms with E-state index in [1.807, 2.05) is 11.0 Å². The van der Waals surface area contributed by atoms with Gasteiger partial charge in [-0.15, -0.1) is 0 Å². The molecule has 0 aromatic heterocycles. The minimum absolute atomic E-state index is 0.299. The van der Waals surface area contributed by atoms with E-state index < -0.39 is 6.10 Å². The molecule has 2 aliphatic heterocycles. The van der Waals surface area contributed by atoms with E-state index in [2.05, 4.69) is 0 Å². The molecule has 1 saturated heterocycles. The topological polar surface area (TPSA) is 81.2 Å². The zero-order valence-corrected chi connectivity index (χ0v) is 16.6. The number of nitrogens with zero attached hydrogens (tertiary/aromatic N) is 3. The Hall–Kier alpha value is -2.90. The van der Waals surface area contributed by atoms with Crippen molar-refractivity contribution in [3.8, 4) is 0 Å². The summed E-state index contributed by atoms with van der Waals surface area (Å²) in [5.74, 6) is -0.972. The van der Waals surface area contributed by atoms with Crippen molar-refractivity contribution in [1.29, 1.82) is 0 Å². The highest BCUT2D eigenvalue weighted by atomic mass is 35.5. The Morgan fingerprint density at radius 2 is 1.66 bits per heavy atom. The number of carbonyl (C=O) groups excluding carboxylic acids is 3. The fraction of sp³-hybridized carbons (Fsp3) is 0.286. The Morgan fingerprint density at radius 3 is 2.31 bits per heavy atom. The van der Waals surface area contributed by atoms with Crippen LogP contribution >= 0.6 is 11.6 Å². The van der Waals surface area contributed by atoms with E-state index >= 15 is 0 Å². The van der Waals surface area contributed by atoms with Crippen molar-refractivity contribution in [3.05, 3.63) is 64.2 Å². The average molecular weight is 414 g/mol. The van der Waals surface area contributed by atoms with Crippen molar-refractivity contribution in [2.24, 2.45) is 0 Å². The zero-order chi connectivity index (χ0) is 20.7. The third-order valence-electron chi connectivity index (χ3n) is 5.45. The van der Waals surface area contributed by atoms with Gasteiger partial charge in [-0.3, -0.25) is 19.3 Å². The number of rotatable bonds is 3. The summed E-state index contributed by atoms with van der Waals surface area (Å²) >= 11 is 5.86. The molecule has 3 amide bonds. The summed E-state index contributed by atoms with van der Waals surface area (Å²) in [6, 6.07) is 11.8. The smallest absolute Gasteiger partial charge is 0.263 e. The van der Waals surface area contributed by atoms with Gasteiger partial charge in [-0.05, 0) is 29.8 Å². The lowest BCUT2D eigenvalue weighted by atomic mass is 10.1. The molecule has 4 rings (SSSR count). The van der Waals surface area contributed by atoms with E-state index in [-0.39, 0.29) is 17.7 Å². The molecule has 0 bridgehead atoms. The molecule has 2 aromatic rings. The molecule has 0 aliphatic carbocycles. The molecule has 2 aromatic carbocycles. The van der Waals surface area contributed by atoms with Gasteiger partial charge in [-0.1, -0.05) is 29.8 Å². The first-order valence-corrected chi connectivity index (χ1v) is 9.69. The Balaban J connectivity index is 1.47. The molecule has 2 aliphatic rings. The number of hydrogen-bond acceptors (Lipinski definition) is 5. The van der Waals surface area contributed by atoms with E-state index in [1.165, 1.54) is 7.05 Å². The van der Waals surface area contributed by atoms with Gasteiger partial charge >= 0.3 is 0 Å². The summed E-state index contributed by atoms with van der Waals surface area (Å²) in [6.07, 6.45) is -1.24. The second kappa shape index (κ2) is 7.50. The normalized spacial score (nSPS) is 17.6. The van der Waals surface area contributed by atoms with E-state index in [0.29, 0.717) is 53.6 Å². The Kier molecular flexibility index (Phi) is 5.02. The van der Waals surface area contributed by atoms with E-state index in [4.69, 9.17) is 11.6 Å². The van der Waals surface area contributed by atoms with E-state index in [9.17, 15) is 19.5 Å². The van der Waals surface area contributed by atoms with Crippen LogP contribution in [-0.4, -0.2) is 65.9 Å². The maximum atomic E-state index is 12.7. The fourth-order valence-corrected chi connectivity index (χ4v) is 3.90. The van der Waals surface area contributed by atoms with Gasteiger partial charge in [0.05, 0.1) is 16.8 Å². The van der Waals surface area contributed by atoms with Crippen molar-refractivity contribution in [2.75, 3.05) is 38.1 Å². The van der Waals surface area contributed by atoms with E-state index in [0.717, 1.165) is 4.90 Å². The van der Waals surface area contributed by atoms with Crippen LogP contribution < -0.4 is 4.90 Å². The van der Waals surface area contributed by atoms with Crippen LogP contribution in [0.1, 0.15) is 32.4 Å². The summed E-state index contributed by atoms with van der Waals surface area (Å²) in [4.78, 5) is 42.1. The molecule has 0 radical (unpaired) electrons. The molecule has 2 heterocycles. The van der Waals surface area contributed by atoms with Gasteiger partial charge in [-0.2, -0.15) is 0 Å². The number of fused-ring (bicyclic) bond motifs is 1. The summed E-state index contributed by atoms with van der Waals surface area (Å²) in [6.45, 7) is 1.82. The highest BCUT2D eigenvalue weighted by Crippen LogP contribution is 2.32. The van der Waals surface area contributed by atoms with Crippen LogP contribution in [0, 0.1) is 0 Å². The third-order valence-corrected chi connectivity index (χ3v) is 5.70. The number of halogens is 1. The van der Waals surface area contributed by atoms with Gasteiger partial charge < -0.3 is 14.9 Å². The maximum absolute atomic E-state index is 12.7. The number of benzene rings is 2. The maximum Gasteiger partial charge on any atom is 0.263 e. The number of aliphatic hydroxyl groups excluding tert-OH is 1. The SMILES string of the molecule is CN1C(=O)c2cccc(N3CCN(C(=O)C(O)c4ccc(Cl)cc4)CC3)c2C1=O. The molecule has 1 N–H and O–H groups in total. The monoisotopic (exact) mass is 413 g/mol. The first kappa shape index (κ1) is 19.4.